The Morgan fingerprint density at radius 2 is 1.89 bits per heavy atom. The van der Waals surface area contributed by atoms with Crippen LogP contribution in [-0.2, 0) is 4.74 Å². The van der Waals surface area contributed by atoms with Gasteiger partial charge in [0, 0.05) is 5.69 Å². The number of esters is 1. The maximum Gasteiger partial charge on any atom is 0.340 e. The Labute approximate surface area is 108 Å². The van der Waals surface area contributed by atoms with Crippen molar-refractivity contribution in [3.05, 3.63) is 23.3 Å². The zero-order chi connectivity index (χ0) is 13.9. The van der Waals surface area contributed by atoms with Gasteiger partial charge in [0.1, 0.15) is 5.75 Å². The van der Waals surface area contributed by atoms with E-state index in [9.17, 15) is 4.79 Å². The Bertz CT molecular complexity index is 441. The number of rotatable bonds is 4. The number of hydrogen-bond acceptors (Lipinski definition) is 4. The number of aryl methyl sites for hydroxylation is 1. The van der Waals surface area contributed by atoms with Gasteiger partial charge in [-0.15, -0.1) is 0 Å². The van der Waals surface area contributed by atoms with Crippen LogP contribution in [-0.4, -0.2) is 19.2 Å². The second kappa shape index (κ2) is 5.76. The van der Waals surface area contributed by atoms with Gasteiger partial charge in [-0.1, -0.05) is 13.8 Å². The molecule has 0 aliphatic rings. The average molecular weight is 251 g/mol. The number of nitrogens with two attached hydrogens (primary N) is 1. The highest BCUT2D eigenvalue weighted by atomic mass is 16.5. The first-order chi connectivity index (χ1) is 8.36. The number of nitrogen functional groups attached to an aromatic ring is 1. The highest BCUT2D eigenvalue weighted by Gasteiger charge is 2.16. The van der Waals surface area contributed by atoms with Crippen molar-refractivity contribution in [2.45, 2.75) is 33.8 Å². The summed E-state index contributed by atoms with van der Waals surface area (Å²) in [6, 6.07) is 3.47. The summed E-state index contributed by atoms with van der Waals surface area (Å²) in [4.78, 5) is 11.6. The molecular weight excluding hydrogens is 230 g/mol. The van der Waals surface area contributed by atoms with E-state index in [-0.39, 0.29) is 6.10 Å². The van der Waals surface area contributed by atoms with Crippen molar-refractivity contribution >= 4 is 11.7 Å². The summed E-state index contributed by atoms with van der Waals surface area (Å²) < 4.78 is 10.5. The normalized spacial score (nSPS) is 12.3. The van der Waals surface area contributed by atoms with E-state index < -0.39 is 5.97 Å². The van der Waals surface area contributed by atoms with E-state index in [1.807, 2.05) is 19.9 Å². The molecule has 100 valence electrons. The lowest BCUT2D eigenvalue weighted by Crippen LogP contribution is -2.19. The monoisotopic (exact) mass is 251 g/mol. The van der Waals surface area contributed by atoms with E-state index in [4.69, 9.17) is 15.2 Å². The van der Waals surface area contributed by atoms with E-state index >= 15 is 0 Å². The quantitative estimate of drug-likeness (QED) is 0.660. The Kier molecular flexibility index (Phi) is 4.59. The van der Waals surface area contributed by atoms with Gasteiger partial charge in [0.15, 0.2) is 0 Å². The van der Waals surface area contributed by atoms with Crippen molar-refractivity contribution in [2.24, 2.45) is 5.92 Å². The van der Waals surface area contributed by atoms with E-state index in [0.717, 1.165) is 5.56 Å². The van der Waals surface area contributed by atoms with Crippen molar-refractivity contribution < 1.29 is 14.3 Å². The molecule has 0 aliphatic carbocycles. The summed E-state index contributed by atoms with van der Waals surface area (Å²) in [6.45, 7) is 7.99. The fourth-order valence-corrected chi connectivity index (χ4v) is 1.46. The number of benzene rings is 1. The number of carbonyl (C=O) groups excluding carboxylic acids is 1. The molecule has 0 bridgehead atoms. The highest BCUT2D eigenvalue weighted by Crippen LogP contribution is 2.26. The molecule has 1 unspecified atom stereocenters. The molecule has 0 aromatic heterocycles. The third-order valence-electron chi connectivity index (χ3n) is 3.03. The second-order valence-corrected chi connectivity index (χ2v) is 4.76. The fraction of sp³-hybridized carbons (Fsp3) is 0.500. The Balaban J connectivity index is 3.08. The van der Waals surface area contributed by atoms with Crippen LogP contribution >= 0.6 is 0 Å². The average Bonchev–Trinajstić information content (AvgIpc) is 2.32. The van der Waals surface area contributed by atoms with Gasteiger partial charge in [0.25, 0.3) is 0 Å². The number of hydrogen-bond donors (Lipinski definition) is 1. The Morgan fingerprint density at radius 3 is 2.39 bits per heavy atom. The van der Waals surface area contributed by atoms with Crippen LogP contribution in [0.25, 0.3) is 0 Å². The van der Waals surface area contributed by atoms with Gasteiger partial charge < -0.3 is 15.2 Å². The number of carbonyl (C=O) groups is 1. The Morgan fingerprint density at radius 1 is 1.28 bits per heavy atom. The van der Waals surface area contributed by atoms with Gasteiger partial charge in [-0.2, -0.15) is 0 Å². The van der Waals surface area contributed by atoms with Crippen molar-refractivity contribution in [3.63, 3.8) is 0 Å². The molecule has 0 saturated carbocycles. The van der Waals surface area contributed by atoms with Gasteiger partial charge in [0.05, 0.1) is 18.8 Å². The van der Waals surface area contributed by atoms with Gasteiger partial charge in [-0.3, -0.25) is 0 Å². The van der Waals surface area contributed by atoms with Crippen LogP contribution in [0.2, 0.25) is 0 Å². The molecule has 4 heteroatoms. The third kappa shape index (κ3) is 3.15. The molecule has 0 amide bonds. The summed E-state index contributed by atoms with van der Waals surface area (Å²) in [5, 5.41) is 0. The minimum Gasteiger partial charge on any atom is -0.490 e. The van der Waals surface area contributed by atoms with E-state index in [0.29, 0.717) is 22.9 Å². The minimum absolute atomic E-state index is 0.0681. The largest absolute Gasteiger partial charge is 0.490 e. The molecule has 0 saturated heterocycles. The number of ether oxygens (including phenoxy) is 2. The lowest BCUT2D eigenvalue weighted by molar-refractivity contribution is 0.0601. The molecular formula is C14H21NO3. The lowest BCUT2D eigenvalue weighted by Gasteiger charge is -2.19. The first-order valence-corrected chi connectivity index (χ1v) is 6.02. The standard InChI is InChI=1S/C14H21NO3/c1-8(2)10(4)18-11-6-9(3)13(15)12(7-11)14(16)17-5/h6-8,10H,15H2,1-5H3. The minimum atomic E-state index is -0.446. The first-order valence-electron chi connectivity index (χ1n) is 6.02. The molecule has 18 heavy (non-hydrogen) atoms. The zero-order valence-corrected chi connectivity index (χ0v) is 11.6. The third-order valence-corrected chi connectivity index (χ3v) is 3.03. The van der Waals surface area contributed by atoms with Crippen molar-refractivity contribution in [2.75, 3.05) is 12.8 Å². The van der Waals surface area contributed by atoms with Crippen molar-refractivity contribution in [1.29, 1.82) is 0 Å². The van der Waals surface area contributed by atoms with Crippen LogP contribution in [0.15, 0.2) is 12.1 Å². The lowest BCUT2D eigenvalue weighted by atomic mass is 10.1. The molecule has 0 heterocycles. The molecule has 1 rings (SSSR count). The molecule has 4 nitrogen and oxygen atoms in total. The predicted molar refractivity (Wildman–Crippen MR) is 71.9 cm³/mol. The summed E-state index contributed by atoms with van der Waals surface area (Å²) in [7, 11) is 1.33. The maximum atomic E-state index is 11.6. The van der Waals surface area contributed by atoms with Gasteiger partial charge in [0.2, 0.25) is 0 Å². The van der Waals surface area contributed by atoms with E-state index in [1.165, 1.54) is 7.11 Å². The van der Waals surface area contributed by atoms with Gasteiger partial charge in [-0.05, 0) is 37.5 Å². The molecule has 2 N–H and O–H groups in total. The summed E-state index contributed by atoms with van der Waals surface area (Å²) in [5.74, 6) is 0.589. The summed E-state index contributed by atoms with van der Waals surface area (Å²) in [6.07, 6.45) is 0.0681. The second-order valence-electron chi connectivity index (χ2n) is 4.76. The van der Waals surface area contributed by atoms with Crippen LogP contribution in [0.4, 0.5) is 5.69 Å². The molecule has 0 fully saturated rings. The SMILES string of the molecule is COC(=O)c1cc(OC(C)C(C)C)cc(C)c1N. The smallest absolute Gasteiger partial charge is 0.340 e. The molecule has 1 aromatic rings. The van der Waals surface area contributed by atoms with Crippen molar-refractivity contribution in [1.82, 2.24) is 0 Å². The van der Waals surface area contributed by atoms with E-state index in [1.54, 1.807) is 6.07 Å². The number of anilines is 1. The van der Waals surface area contributed by atoms with E-state index in [2.05, 4.69) is 13.8 Å². The summed E-state index contributed by atoms with van der Waals surface area (Å²) >= 11 is 0. The molecule has 0 radical (unpaired) electrons. The molecule has 0 spiro atoms. The van der Waals surface area contributed by atoms with Crippen molar-refractivity contribution in [3.8, 4) is 5.75 Å². The molecule has 1 atom stereocenters. The fourth-order valence-electron chi connectivity index (χ4n) is 1.46. The topological polar surface area (TPSA) is 61.5 Å². The Hall–Kier alpha value is -1.71. The highest BCUT2D eigenvalue weighted by molar-refractivity contribution is 5.96. The number of methoxy groups -OCH3 is 1. The van der Waals surface area contributed by atoms with Crippen LogP contribution in [0, 0.1) is 12.8 Å². The molecule has 1 aromatic carbocycles. The zero-order valence-electron chi connectivity index (χ0n) is 11.6. The van der Waals surface area contributed by atoms with Crippen LogP contribution < -0.4 is 10.5 Å². The van der Waals surface area contributed by atoms with Crippen LogP contribution in [0.1, 0.15) is 36.7 Å². The van der Waals surface area contributed by atoms with Gasteiger partial charge >= 0.3 is 5.97 Å². The van der Waals surface area contributed by atoms with Crippen LogP contribution in [0.5, 0.6) is 5.75 Å². The molecule has 0 aliphatic heterocycles. The maximum absolute atomic E-state index is 11.6. The summed E-state index contributed by atoms with van der Waals surface area (Å²) in [5.41, 5.74) is 7.46. The predicted octanol–water partition coefficient (Wildman–Crippen LogP) is 2.79. The van der Waals surface area contributed by atoms with Crippen LogP contribution in [0.3, 0.4) is 0 Å². The van der Waals surface area contributed by atoms with Gasteiger partial charge in [-0.25, -0.2) is 4.79 Å². The first kappa shape index (κ1) is 14.4.